The molecule has 0 unspecified atom stereocenters. The van der Waals surface area contributed by atoms with Gasteiger partial charge in [-0.2, -0.15) is 0 Å². The molecule has 5 nitrogen and oxygen atoms in total. The minimum absolute atomic E-state index is 0.00990. The first-order valence-corrected chi connectivity index (χ1v) is 8.36. The third-order valence-corrected chi connectivity index (χ3v) is 4.76. The first-order chi connectivity index (χ1) is 12.1. The van der Waals surface area contributed by atoms with Gasteiger partial charge < -0.3 is 15.2 Å². The molecule has 0 spiro atoms. The molecule has 130 valence electrons. The summed E-state index contributed by atoms with van der Waals surface area (Å²) >= 11 is 0. The highest BCUT2D eigenvalue weighted by Crippen LogP contribution is 2.35. The van der Waals surface area contributed by atoms with Gasteiger partial charge in [-0.15, -0.1) is 0 Å². The summed E-state index contributed by atoms with van der Waals surface area (Å²) in [4.78, 5) is 23.9. The molecule has 0 bridgehead atoms. The summed E-state index contributed by atoms with van der Waals surface area (Å²) in [5, 5.41) is 12.0. The molecule has 5 heteroatoms. The minimum atomic E-state index is -0.958. The number of carboxylic acid groups (broad SMARTS) is 1. The number of benzene rings is 2. The van der Waals surface area contributed by atoms with Crippen LogP contribution in [0.2, 0.25) is 0 Å². The summed E-state index contributed by atoms with van der Waals surface area (Å²) in [6, 6.07) is 16.4. The Morgan fingerprint density at radius 3 is 2.24 bits per heavy atom. The van der Waals surface area contributed by atoms with Crippen molar-refractivity contribution in [2.75, 3.05) is 13.2 Å². The van der Waals surface area contributed by atoms with Gasteiger partial charge in [-0.05, 0) is 36.1 Å². The Bertz CT molecular complexity index is 734. The molecule has 2 aromatic carbocycles. The van der Waals surface area contributed by atoms with Crippen LogP contribution in [0.3, 0.4) is 0 Å². The van der Waals surface area contributed by atoms with Crippen LogP contribution in [0, 0.1) is 0 Å². The largest absolute Gasteiger partial charge is 0.478 e. The van der Waals surface area contributed by atoms with E-state index < -0.39 is 11.4 Å². The van der Waals surface area contributed by atoms with E-state index in [1.54, 1.807) is 24.3 Å². The van der Waals surface area contributed by atoms with E-state index >= 15 is 0 Å². The van der Waals surface area contributed by atoms with Crippen molar-refractivity contribution in [1.29, 1.82) is 0 Å². The van der Waals surface area contributed by atoms with Gasteiger partial charge in [0.05, 0.1) is 11.0 Å². The van der Waals surface area contributed by atoms with Crippen molar-refractivity contribution < 1.29 is 19.4 Å². The maximum absolute atomic E-state index is 13.0. The molecule has 1 aliphatic heterocycles. The highest BCUT2D eigenvalue weighted by atomic mass is 16.5. The van der Waals surface area contributed by atoms with Crippen LogP contribution in [0.25, 0.3) is 0 Å². The first kappa shape index (κ1) is 17.2. The molecular formula is C20H21NO4. The Balaban J connectivity index is 1.74. The number of hydrogen-bond acceptors (Lipinski definition) is 3. The standard InChI is InChI=1S/C20H21NO4/c22-18(23)16-8-6-15(7-9-16)14-21-19(24)20(10-12-25-13-11-20)17-4-2-1-3-5-17/h1-9H,10-14H2,(H,21,24)(H,22,23). The molecule has 0 radical (unpaired) electrons. The molecule has 1 aliphatic rings. The predicted octanol–water partition coefficient (Wildman–Crippen LogP) is 2.75. The first-order valence-electron chi connectivity index (χ1n) is 8.36. The monoisotopic (exact) mass is 339 g/mol. The van der Waals surface area contributed by atoms with Gasteiger partial charge in [0, 0.05) is 19.8 Å². The minimum Gasteiger partial charge on any atom is -0.478 e. The summed E-state index contributed by atoms with van der Waals surface area (Å²) in [6.45, 7) is 1.50. The lowest BCUT2D eigenvalue weighted by Crippen LogP contribution is -2.47. The number of hydrogen-bond donors (Lipinski definition) is 2. The number of aromatic carboxylic acids is 1. The van der Waals surface area contributed by atoms with Gasteiger partial charge in [0.15, 0.2) is 0 Å². The van der Waals surface area contributed by atoms with Crippen molar-refractivity contribution in [3.63, 3.8) is 0 Å². The second kappa shape index (κ2) is 7.49. The molecule has 1 fully saturated rings. The third-order valence-electron chi connectivity index (χ3n) is 4.76. The second-order valence-corrected chi connectivity index (χ2v) is 6.25. The number of ether oxygens (including phenoxy) is 1. The lowest BCUT2D eigenvalue weighted by molar-refractivity contribution is -0.130. The van der Waals surface area contributed by atoms with Gasteiger partial charge in [-0.25, -0.2) is 4.79 Å². The molecule has 0 saturated carbocycles. The van der Waals surface area contributed by atoms with Crippen molar-refractivity contribution in [3.05, 3.63) is 71.3 Å². The van der Waals surface area contributed by atoms with Crippen LogP contribution in [-0.2, 0) is 21.5 Å². The zero-order valence-corrected chi connectivity index (χ0v) is 13.9. The molecule has 2 N–H and O–H groups in total. The molecule has 0 aliphatic carbocycles. The Morgan fingerprint density at radius 1 is 1.00 bits per heavy atom. The maximum atomic E-state index is 13.0. The summed E-state index contributed by atoms with van der Waals surface area (Å²) < 4.78 is 5.46. The summed E-state index contributed by atoms with van der Waals surface area (Å²) in [5.41, 5.74) is 1.55. The van der Waals surface area contributed by atoms with Gasteiger partial charge in [0.25, 0.3) is 0 Å². The fraction of sp³-hybridized carbons (Fsp3) is 0.300. The van der Waals surface area contributed by atoms with Gasteiger partial charge >= 0.3 is 5.97 Å². The molecule has 25 heavy (non-hydrogen) atoms. The highest BCUT2D eigenvalue weighted by Gasteiger charge is 2.41. The van der Waals surface area contributed by atoms with Crippen LogP contribution in [0.5, 0.6) is 0 Å². The van der Waals surface area contributed by atoms with Crippen LogP contribution < -0.4 is 5.32 Å². The normalized spacial score (nSPS) is 16.2. The topological polar surface area (TPSA) is 75.6 Å². The number of carbonyl (C=O) groups excluding carboxylic acids is 1. The zero-order valence-electron chi connectivity index (χ0n) is 13.9. The Kier molecular flexibility index (Phi) is 5.14. The van der Waals surface area contributed by atoms with E-state index in [1.165, 1.54) is 0 Å². The van der Waals surface area contributed by atoms with Gasteiger partial charge in [0.1, 0.15) is 0 Å². The van der Waals surface area contributed by atoms with Crippen molar-refractivity contribution >= 4 is 11.9 Å². The lowest BCUT2D eigenvalue weighted by atomic mass is 9.73. The lowest BCUT2D eigenvalue weighted by Gasteiger charge is -2.36. The van der Waals surface area contributed by atoms with Gasteiger partial charge in [-0.3, -0.25) is 4.79 Å². The van der Waals surface area contributed by atoms with Gasteiger partial charge in [0.2, 0.25) is 5.91 Å². The summed E-state index contributed by atoms with van der Waals surface area (Å²) in [7, 11) is 0. The van der Waals surface area contributed by atoms with E-state index in [1.807, 2.05) is 30.3 Å². The fourth-order valence-corrected chi connectivity index (χ4v) is 3.24. The number of carboxylic acids is 1. The van der Waals surface area contributed by atoms with Crippen molar-refractivity contribution in [1.82, 2.24) is 5.32 Å². The highest BCUT2D eigenvalue weighted by molar-refractivity contribution is 5.89. The third kappa shape index (κ3) is 3.72. The van der Waals surface area contributed by atoms with Crippen LogP contribution >= 0.6 is 0 Å². The van der Waals surface area contributed by atoms with E-state index in [9.17, 15) is 9.59 Å². The molecule has 1 saturated heterocycles. The number of carbonyl (C=O) groups is 2. The predicted molar refractivity (Wildman–Crippen MR) is 93.4 cm³/mol. The van der Waals surface area contributed by atoms with Crippen LogP contribution in [0.15, 0.2) is 54.6 Å². The Morgan fingerprint density at radius 2 is 1.64 bits per heavy atom. The Labute approximate surface area is 146 Å². The maximum Gasteiger partial charge on any atom is 0.335 e. The summed E-state index contributed by atoms with van der Waals surface area (Å²) in [5.74, 6) is -0.967. The quantitative estimate of drug-likeness (QED) is 0.878. The van der Waals surface area contributed by atoms with Gasteiger partial charge in [-0.1, -0.05) is 42.5 Å². The molecular weight excluding hydrogens is 318 g/mol. The second-order valence-electron chi connectivity index (χ2n) is 6.25. The van der Waals surface area contributed by atoms with Crippen LogP contribution in [0.1, 0.15) is 34.3 Å². The van der Waals surface area contributed by atoms with E-state index in [4.69, 9.17) is 9.84 Å². The SMILES string of the molecule is O=C(O)c1ccc(CNC(=O)C2(c3ccccc3)CCOCC2)cc1. The molecule has 0 atom stereocenters. The number of nitrogens with one attached hydrogen (secondary N) is 1. The van der Waals surface area contributed by atoms with Crippen molar-refractivity contribution in [2.45, 2.75) is 24.8 Å². The van der Waals surface area contributed by atoms with Crippen LogP contribution in [0.4, 0.5) is 0 Å². The molecule has 1 amide bonds. The molecule has 2 aromatic rings. The summed E-state index contributed by atoms with van der Waals surface area (Å²) in [6.07, 6.45) is 1.31. The molecule has 3 rings (SSSR count). The van der Waals surface area contributed by atoms with Crippen molar-refractivity contribution in [2.24, 2.45) is 0 Å². The van der Waals surface area contributed by atoms with Crippen molar-refractivity contribution in [3.8, 4) is 0 Å². The average Bonchev–Trinajstić information content (AvgIpc) is 2.67. The van der Waals surface area contributed by atoms with E-state index in [-0.39, 0.29) is 11.5 Å². The number of amides is 1. The fourth-order valence-electron chi connectivity index (χ4n) is 3.24. The average molecular weight is 339 g/mol. The number of rotatable bonds is 5. The Hall–Kier alpha value is -2.66. The zero-order chi connectivity index (χ0) is 17.7. The molecule has 0 aromatic heterocycles. The van der Waals surface area contributed by atoms with E-state index in [0.29, 0.717) is 32.6 Å². The smallest absolute Gasteiger partial charge is 0.335 e. The van der Waals surface area contributed by atoms with Crippen LogP contribution in [-0.4, -0.2) is 30.2 Å². The molecule has 1 heterocycles. The van der Waals surface area contributed by atoms with E-state index in [0.717, 1.165) is 11.1 Å². The van der Waals surface area contributed by atoms with E-state index in [2.05, 4.69) is 5.32 Å².